The van der Waals surface area contributed by atoms with Crippen molar-refractivity contribution in [1.29, 1.82) is 0 Å². The standard InChI is InChI=1S/C10H14BrNO2.ClH/c1-6(12)10-8(13-2)4-7(11)5-9(10)14-3;/h4-6H,12H2,1-3H3;1H. The SMILES string of the molecule is COc1cc(Br)cc(OC)c1C(C)N.Cl. The Kier molecular flexibility index (Phi) is 6.02. The number of ether oxygens (including phenoxy) is 2. The Balaban J connectivity index is 0.00000196. The number of rotatable bonds is 3. The molecule has 0 aromatic heterocycles. The van der Waals surface area contributed by atoms with Gasteiger partial charge in [-0.05, 0) is 19.1 Å². The summed E-state index contributed by atoms with van der Waals surface area (Å²) in [6, 6.07) is 3.63. The second kappa shape index (κ2) is 6.20. The van der Waals surface area contributed by atoms with Crippen LogP contribution in [0.3, 0.4) is 0 Å². The molecule has 15 heavy (non-hydrogen) atoms. The number of hydrogen-bond donors (Lipinski definition) is 1. The van der Waals surface area contributed by atoms with E-state index in [4.69, 9.17) is 15.2 Å². The summed E-state index contributed by atoms with van der Waals surface area (Å²) in [5.41, 5.74) is 6.73. The van der Waals surface area contributed by atoms with Crippen molar-refractivity contribution >= 4 is 28.3 Å². The van der Waals surface area contributed by atoms with Gasteiger partial charge in [-0.3, -0.25) is 0 Å². The van der Waals surface area contributed by atoms with Crippen LogP contribution in [0.15, 0.2) is 16.6 Å². The molecular formula is C10H15BrClNO2. The molecule has 1 aromatic carbocycles. The second-order valence-electron chi connectivity index (χ2n) is 3.01. The number of benzene rings is 1. The van der Waals surface area contributed by atoms with Crippen molar-refractivity contribution in [2.75, 3.05) is 14.2 Å². The molecule has 86 valence electrons. The van der Waals surface area contributed by atoms with Crippen LogP contribution in [0.4, 0.5) is 0 Å². The minimum atomic E-state index is -0.118. The normalized spacial score (nSPS) is 11.5. The summed E-state index contributed by atoms with van der Waals surface area (Å²) in [5.74, 6) is 1.48. The molecule has 0 spiro atoms. The number of methoxy groups -OCH3 is 2. The van der Waals surface area contributed by atoms with E-state index in [9.17, 15) is 0 Å². The fourth-order valence-corrected chi connectivity index (χ4v) is 1.77. The average molecular weight is 297 g/mol. The van der Waals surface area contributed by atoms with Crippen molar-refractivity contribution < 1.29 is 9.47 Å². The van der Waals surface area contributed by atoms with Crippen LogP contribution in [0.25, 0.3) is 0 Å². The lowest BCUT2D eigenvalue weighted by atomic mass is 10.1. The monoisotopic (exact) mass is 295 g/mol. The van der Waals surface area contributed by atoms with E-state index in [1.807, 2.05) is 19.1 Å². The Labute approximate surface area is 104 Å². The number of hydrogen-bond acceptors (Lipinski definition) is 3. The second-order valence-corrected chi connectivity index (χ2v) is 3.93. The predicted octanol–water partition coefficient (Wildman–Crippen LogP) is 2.91. The molecule has 1 aromatic rings. The largest absolute Gasteiger partial charge is 0.496 e. The maximum Gasteiger partial charge on any atom is 0.128 e. The van der Waals surface area contributed by atoms with E-state index in [0.29, 0.717) is 0 Å². The van der Waals surface area contributed by atoms with Crippen molar-refractivity contribution in [2.45, 2.75) is 13.0 Å². The lowest BCUT2D eigenvalue weighted by Gasteiger charge is -2.16. The fraction of sp³-hybridized carbons (Fsp3) is 0.400. The van der Waals surface area contributed by atoms with Crippen molar-refractivity contribution in [3.8, 4) is 11.5 Å². The van der Waals surface area contributed by atoms with Crippen LogP contribution < -0.4 is 15.2 Å². The summed E-state index contributed by atoms with van der Waals surface area (Å²) in [6.07, 6.45) is 0. The zero-order chi connectivity index (χ0) is 10.7. The van der Waals surface area contributed by atoms with Gasteiger partial charge >= 0.3 is 0 Å². The summed E-state index contributed by atoms with van der Waals surface area (Å²) in [4.78, 5) is 0. The first-order chi connectivity index (χ1) is 6.60. The first-order valence-electron chi connectivity index (χ1n) is 4.27. The molecule has 3 nitrogen and oxygen atoms in total. The molecule has 2 N–H and O–H groups in total. The van der Waals surface area contributed by atoms with Gasteiger partial charge in [0.15, 0.2) is 0 Å². The van der Waals surface area contributed by atoms with E-state index in [1.165, 1.54) is 0 Å². The zero-order valence-electron chi connectivity index (χ0n) is 8.91. The van der Waals surface area contributed by atoms with Crippen LogP contribution in [0, 0.1) is 0 Å². The Morgan fingerprint density at radius 3 is 1.87 bits per heavy atom. The number of halogens is 2. The molecule has 1 rings (SSSR count). The molecule has 5 heteroatoms. The molecule has 0 amide bonds. The molecule has 0 aliphatic heterocycles. The number of nitrogens with two attached hydrogens (primary N) is 1. The van der Waals surface area contributed by atoms with Gasteiger partial charge < -0.3 is 15.2 Å². The van der Waals surface area contributed by atoms with Crippen LogP contribution in [-0.2, 0) is 0 Å². The van der Waals surface area contributed by atoms with Gasteiger partial charge in [-0.25, -0.2) is 0 Å². The Hall–Kier alpha value is -0.450. The molecule has 0 aliphatic carbocycles. The highest BCUT2D eigenvalue weighted by atomic mass is 79.9. The van der Waals surface area contributed by atoms with Crippen LogP contribution in [0.1, 0.15) is 18.5 Å². The van der Waals surface area contributed by atoms with E-state index in [-0.39, 0.29) is 18.4 Å². The van der Waals surface area contributed by atoms with Crippen molar-refractivity contribution in [1.82, 2.24) is 0 Å². The van der Waals surface area contributed by atoms with Crippen molar-refractivity contribution in [3.05, 3.63) is 22.2 Å². The summed E-state index contributed by atoms with van der Waals surface area (Å²) < 4.78 is 11.4. The summed E-state index contributed by atoms with van der Waals surface area (Å²) in [6.45, 7) is 1.90. The Bertz CT molecular complexity index is 306. The third-order valence-corrected chi connectivity index (χ3v) is 2.42. The third-order valence-electron chi connectivity index (χ3n) is 1.96. The molecule has 0 aliphatic rings. The van der Waals surface area contributed by atoms with Crippen molar-refractivity contribution in [3.63, 3.8) is 0 Å². The highest BCUT2D eigenvalue weighted by Crippen LogP contribution is 2.36. The maximum absolute atomic E-state index is 5.84. The van der Waals surface area contributed by atoms with Gasteiger partial charge in [0.2, 0.25) is 0 Å². The molecule has 0 saturated heterocycles. The average Bonchev–Trinajstić information content (AvgIpc) is 2.15. The van der Waals surface area contributed by atoms with Gasteiger partial charge in [-0.1, -0.05) is 15.9 Å². The molecule has 1 unspecified atom stereocenters. The first kappa shape index (κ1) is 14.6. The van der Waals surface area contributed by atoms with Gasteiger partial charge in [0, 0.05) is 10.5 Å². The van der Waals surface area contributed by atoms with Crippen LogP contribution in [-0.4, -0.2) is 14.2 Å². The van der Waals surface area contributed by atoms with Gasteiger partial charge in [-0.15, -0.1) is 12.4 Å². The smallest absolute Gasteiger partial charge is 0.128 e. The predicted molar refractivity (Wildman–Crippen MR) is 67.1 cm³/mol. The fourth-order valence-electron chi connectivity index (χ4n) is 1.36. The molecular weight excluding hydrogens is 281 g/mol. The van der Waals surface area contributed by atoms with E-state index in [2.05, 4.69) is 15.9 Å². The van der Waals surface area contributed by atoms with E-state index in [1.54, 1.807) is 14.2 Å². The molecule has 0 heterocycles. The Morgan fingerprint density at radius 1 is 1.20 bits per heavy atom. The molecule has 0 fully saturated rings. The molecule has 0 radical (unpaired) electrons. The maximum atomic E-state index is 5.84. The molecule has 0 bridgehead atoms. The summed E-state index contributed by atoms with van der Waals surface area (Å²) >= 11 is 3.38. The molecule has 0 saturated carbocycles. The highest BCUT2D eigenvalue weighted by Gasteiger charge is 2.14. The first-order valence-corrected chi connectivity index (χ1v) is 5.06. The van der Waals surface area contributed by atoms with Gasteiger partial charge in [0.05, 0.1) is 19.8 Å². The van der Waals surface area contributed by atoms with E-state index < -0.39 is 0 Å². The Morgan fingerprint density at radius 2 is 1.60 bits per heavy atom. The van der Waals surface area contributed by atoms with Gasteiger partial charge in [-0.2, -0.15) is 0 Å². The van der Waals surface area contributed by atoms with Crippen LogP contribution in [0.5, 0.6) is 11.5 Å². The topological polar surface area (TPSA) is 44.5 Å². The quantitative estimate of drug-likeness (QED) is 0.933. The minimum Gasteiger partial charge on any atom is -0.496 e. The summed E-state index contributed by atoms with van der Waals surface area (Å²) in [7, 11) is 3.24. The molecule has 1 atom stereocenters. The van der Waals surface area contributed by atoms with E-state index >= 15 is 0 Å². The minimum absolute atomic E-state index is 0. The lowest BCUT2D eigenvalue weighted by molar-refractivity contribution is 0.380. The van der Waals surface area contributed by atoms with Crippen LogP contribution >= 0.6 is 28.3 Å². The van der Waals surface area contributed by atoms with Gasteiger partial charge in [0.1, 0.15) is 11.5 Å². The highest BCUT2D eigenvalue weighted by molar-refractivity contribution is 9.10. The summed E-state index contributed by atoms with van der Waals surface area (Å²) in [5, 5.41) is 0. The lowest BCUT2D eigenvalue weighted by Crippen LogP contribution is -2.09. The zero-order valence-corrected chi connectivity index (χ0v) is 11.3. The van der Waals surface area contributed by atoms with Gasteiger partial charge in [0.25, 0.3) is 0 Å². The van der Waals surface area contributed by atoms with Crippen LogP contribution in [0.2, 0.25) is 0 Å². The van der Waals surface area contributed by atoms with Crippen molar-refractivity contribution in [2.24, 2.45) is 5.73 Å². The van der Waals surface area contributed by atoms with E-state index in [0.717, 1.165) is 21.5 Å². The third kappa shape index (κ3) is 3.26.